The first kappa shape index (κ1) is 16.0. The van der Waals surface area contributed by atoms with Gasteiger partial charge in [0.2, 0.25) is 0 Å². The van der Waals surface area contributed by atoms with Gasteiger partial charge in [0, 0.05) is 4.43 Å². The quantitative estimate of drug-likeness (QED) is 0.243. The molecule has 0 aromatic carbocycles. The molecule has 0 radical (unpaired) electrons. The molecule has 0 bridgehead atoms. The van der Waals surface area contributed by atoms with Gasteiger partial charge >= 0.3 is 0 Å². The van der Waals surface area contributed by atoms with Gasteiger partial charge in [-0.3, -0.25) is 0 Å². The van der Waals surface area contributed by atoms with Gasteiger partial charge in [-0.05, 0) is 46.0 Å². The fourth-order valence-corrected chi connectivity index (χ4v) is 2.15. The van der Waals surface area contributed by atoms with Crippen molar-refractivity contribution >= 4 is 22.6 Å². The highest BCUT2D eigenvalue weighted by Crippen LogP contribution is 2.13. The van der Waals surface area contributed by atoms with Gasteiger partial charge in [-0.2, -0.15) is 0 Å². The predicted octanol–water partition coefficient (Wildman–Crippen LogP) is 5.70. The van der Waals surface area contributed by atoms with Crippen molar-refractivity contribution in [1.82, 2.24) is 0 Å². The summed E-state index contributed by atoms with van der Waals surface area (Å²) in [6.07, 6.45) is 12.9. The van der Waals surface area contributed by atoms with E-state index in [-0.39, 0.29) is 0 Å². The molecule has 1 atom stereocenters. The maximum absolute atomic E-state index is 2.38. The van der Waals surface area contributed by atoms with Crippen molar-refractivity contribution in [2.75, 3.05) is 4.43 Å². The van der Waals surface area contributed by atoms with E-state index in [0.29, 0.717) is 0 Å². The largest absolute Gasteiger partial charge is 0.0859 e. The average Bonchev–Trinajstić information content (AvgIpc) is 2.17. The minimum absolute atomic E-state index is 0.791. The lowest BCUT2D eigenvalue weighted by atomic mass is 10.0. The summed E-state index contributed by atoms with van der Waals surface area (Å²) >= 11 is 2.38. The number of hydrogen-bond donors (Lipinski definition) is 0. The summed E-state index contributed by atoms with van der Waals surface area (Å²) in [6.45, 7) is 8.84. The minimum Gasteiger partial charge on any atom is -0.0859 e. The van der Waals surface area contributed by atoms with Crippen LogP contribution >= 0.6 is 22.6 Å². The van der Waals surface area contributed by atoms with Crippen LogP contribution in [0.1, 0.15) is 47.0 Å². The molecule has 1 unspecified atom stereocenters. The fourth-order valence-electron chi connectivity index (χ4n) is 1.45. The molecule has 0 rings (SSSR count). The Morgan fingerprint density at radius 2 is 1.88 bits per heavy atom. The zero-order valence-corrected chi connectivity index (χ0v) is 13.3. The third-order valence-corrected chi connectivity index (χ3v) is 2.97. The third-order valence-electron chi connectivity index (χ3n) is 2.53. The summed E-state index contributed by atoms with van der Waals surface area (Å²) in [5.41, 5.74) is 2.81. The second-order valence-corrected chi connectivity index (χ2v) is 5.59. The zero-order chi connectivity index (χ0) is 12.4. The third kappa shape index (κ3) is 10.5. The van der Waals surface area contributed by atoms with Gasteiger partial charge in [-0.15, -0.1) is 0 Å². The second-order valence-electron chi connectivity index (χ2n) is 4.70. The minimum atomic E-state index is 0.791. The molecule has 0 saturated heterocycles. The molecule has 0 nitrogen and oxygen atoms in total. The van der Waals surface area contributed by atoms with Crippen LogP contribution in [0.15, 0.2) is 35.5 Å². The molecule has 0 spiro atoms. The zero-order valence-electron chi connectivity index (χ0n) is 11.1. The van der Waals surface area contributed by atoms with E-state index in [9.17, 15) is 0 Å². The molecule has 0 aliphatic carbocycles. The summed E-state index contributed by atoms with van der Waals surface area (Å²) in [7, 11) is 0. The number of rotatable bonds is 7. The lowest BCUT2D eigenvalue weighted by Crippen LogP contribution is -1.91. The molecule has 0 amide bonds. The van der Waals surface area contributed by atoms with Crippen LogP contribution in [-0.2, 0) is 0 Å². The maximum atomic E-state index is 2.38. The van der Waals surface area contributed by atoms with Crippen molar-refractivity contribution in [2.45, 2.75) is 47.0 Å². The van der Waals surface area contributed by atoms with Gasteiger partial charge in [0.05, 0.1) is 0 Å². The van der Waals surface area contributed by atoms with E-state index in [1.165, 1.54) is 30.4 Å². The second kappa shape index (κ2) is 10.1. The molecule has 0 aromatic rings. The van der Waals surface area contributed by atoms with Crippen molar-refractivity contribution in [2.24, 2.45) is 5.92 Å². The van der Waals surface area contributed by atoms with E-state index in [1.54, 1.807) is 0 Å². The van der Waals surface area contributed by atoms with Crippen LogP contribution in [0.5, 0.6) is 0 Å². The van der Waals surface area contributed by atoms with Crippen LogP contribution in [-0.4, -0.2) is 4.43 Å². The van der Waals surface area contributed by atoms with Gasteiger partial charge in [0.25, 0.3) is 0 Å². The Balaban J connectivity index is 3.76. The van der Waals surface area contributed by atoms with E-state index in [2.05, 4.69) is 74.6 Å². The maximum Gasteiger partial charge on any atom is 0.0181 e. The Labute approximate surface area is 115 Å². The monoisotopic (exact) mass is 332 g/mol. The van der Waals surface area contributed by atoms with Crippen molar-refractivity contribution in [1.29, 1.82) is 0 Å². The summed E-state index contributed by atoms with van der Waals surface area (Å²) in [5.74, 6) is 0.791. The molecular formula is C15H25I. The molecule has 0 aliphatic rings. The van der Waals surface area contributed by atoms with Crippen molar-refractivity contribution in [3.63, 3.8) is 0 Å². The Bertz CT molecular complexity index is 255. The normalized spacial score (nSPS) is 14.2. The number of alkyl halides is 1. The Morgan fingerprint density at radius 3 is 2.44 bits per heavy atom. The summed E-state index contributed by atoms with van der Waals surface area (Å²) in [5, 5.41) is 0. The summed E-state index contributed by atoms with van der Waals surface area (Å²) in [4.78, 5) is 0. The Morgan fingerprint density at radius 1 is 1.19 bits per heavy atom. The fraction of sp³-hybridized carbons (Fsp3) is 0.600. The molecule has 1 heteroatoms. The number of hydrogen-bond acceptors (Lipinski definition) is 0. The van der Waals surface area contributed by atoms with Crippen LogP contribution in [0.2, 0.25) is 0 Å². The highest BCUT2D eigenvalue weighted by atomic mass is 127. The number of halogens is 1. The Kier molecular flexibility index (Phi) is 10.1. The molecule has 92 valence electrons. The molecule has 16 heavy (non-hydrogen) atoms. The van der Waals surface area contributed by atoms with E-state index in [4.69, 9.17) is 0 Å². The molecule has 0 aliphatic heterocycles. The first-order valence-electron chi connectivity index (χ1n) is 6.09. The summed E-state index contributed by atoms with van der Waals surface area (Å²) < 4.78 is 1.10. The average molecular weight is 332 g/mol. The highest BCUT2D eigenvalue weighted by molar-refractivity contribution is 14.1. The van der Waals surface area contributed by atoms with Gasteiger partial charge in [-0.1, -0.05) is 65.0 Å². The van der Waals surface area contributed by atoms with Crippen molar-refractivity contribution in [3.8, 4) is 0 Å². The van der Waals surface area contributed by atoms with Gasteiger partial charge < -0.3 is 0 Å². The van der Waals surface area contributed by atoms with Crippen molar-refractivity contribution in [3.05, 3.63) is 35.5 Å². The topological polar surface area (TPSA) is 0 Å². The van der Waals surface area contributed by atoms with E-state index < -0.39 is 0 Å². The standard InChI is InChI=1S/C15H25I/c1-13(2)7-5-8-14(3)9-6-10-15(4)11-12-16/h6-7,10-11,14H,5,8-9,12H2,1-4H3. The van der Waals surface area contributed by atoms with Gasteiger partial charge in [0.1, 0.15) is 0 Å². The molecular weight excluding hydrogens is 307 g/mol. The summed E-state index contributed by atoms with van der Waals surface area (Å²) in [6, 6.07) is 0. The smallest absolute Gasteiger partial charge is 0.0181 e. The number of allylic oxidation sites excluding steroid dienone is 6. The molecule has 0 N–H and O–H groups in total. The lowest BCUT2D eigenvalue weighted by molar-refractivity contribution is 0.545. The molecule has 0 aromatic heterocycles. The predicted molar refractivity (Wildman–Crippen MR) is 84.2 cm³/mol. The van der Waals surface area contributed by atoms with Crippen LogP contribution in [0.25, 0.3) is 0 Å². The molecule has 0 saturated carbocycles. The van der Waals surface area contributed by atoms with Crippen molar-refractivity contribution < 1.29 is 0 Å². The molecule has 0 heterocycles. The van der Waals surface area contributed by atoms with Crippen LogP contribution in [0, 0.1) is 5.92 Å². The van der Waals surface area contributed by atoms with Gasteiger partial charge in [-0.25, -0.2) is 0 Å². The van der Waals surface area contributed by atoms with E-state index in [0.717, 1.165) is 10.3 Å². The Hall–Kier alpha value is -0.0500. The first-order valence-corrected chi connectivity index (χ1v) is 7.61. The molecule has 0 fully saturated rings. The van der Waals surface area contributed by atoms with E-state index >= 15 is 0 Å². The van der Waals surface area contributed by atoms with Crippen LogP contribution in [0.3, 0.4) is 0 Å². The van der Waals surface area contributed by atoms with Gasteiger partial charge in [0.15, 0.2) is 0 Å². The first-order chi connectivity index (χ1) is 7.56. The lowest BCUT2D eigenvalue weighted by Gasteiger charge is -2.06. The van der Waals surface area contributed by atoms with E-state index in [1.807, 2.05) is 0 Å². The highest BCUT2D eigenvalue weighted by Gasteiger charge is 1.97. The van der Waals surface area contributed by atoms with Crippen LogP contribution in [0.4, 0.5) is 0 Å². The van der Waals surface area contributed by atoms with Crippen LogP contribution < -0.4 is 0 Å². The SMILES string of the molecule is CC(C)=CCCC(C)CC=CC(C)=CCI.